The highest BCUT2D eigenvalue weighted by Crippen LogP contribution is 2.21. The summed E-state index contributed by atoms with van der Waals surface area (Å²) in [6.45, 7) is 4.07. The monoisotopic (exact) mass is 297 g/mol. The lowest BCUT2D eigenvalue weighted by Crippen LogP contribution is -2.10. The zero-order valence-corrected chi connectivity index (χ0v) is 12.0. The van der Waals surface area contributed by atoms with Crippen molar-refractivity contribution < 1.29 is 9.13 Å². The second-order valence-corrected chi connectivity index (χ2v) is 4.63. The number of nitrogens with one attached hydrogen (secondary N) is 1. The molecule has 4 nitrogen and oxygen atoms in total. The van der Waals surface area contributed by atoms with Crippen LogP contribution < -0.4 is 5.32 Å². The minimum absolute atomic E-state index is 0.343. The third kappa shape index (κ3) is 3.71. The Bertz CT molecular complexity index is 559. The summed E-state index contributed by atoms with van der Waals surface area (Å²) in [5.74, 6) is 0.243. The lowest BCUT2D eigenvalue weighted by molar-refractivity contribution is 0.147. The van der Waals surface area contributed by atoms with Crippen LogP contribution in [0.3, 0.4) is 0 Å². The molecule has 0 radical (unpaired) electrons. The molecule has 1 aromatic carbocycles. The first-order chi connectivity index (χ1) is 9.72. The summed E-state index contributed by atoms with van der Waals surface area (Å²) in [7, 11) is 0. The molecular weight excluding hydrogens is 281 g/mol. The van der Waals surface area contributed by atoms with Gasteiger partial charge in [0.05, 0.1) is 5.69 Å². The number of hydrogen-bond acceptors (Lipinski definition) is 3. The van der Waals surface area contributed by atoms with E-state index < -0.39 is 0 Å². The second-order valence-electron chi connectivity index (χ2n) is 4.19. The smallest absolute Gasteiger partial charge is 0.207 e. The summed E-state index contributed by atoms with van der Waals surface area (Å²) in [6, 6.07) is 4.44. The van der Waals surface area contributed by atoms with Crippen molar-refractivity contribution >= 4 is 17.5 Å². The van der Waals surface area contributed by atoms with E-state index in [9.17, 15) is 4.39 Å². The first-order valence-corrected chi connectivity index (χ1v) is 6.90. The third-order valence-corrected chi connectivity index (χ3v) is 3.00. The van der Waals surface area contributed by atoms with Crippen LogP contribution >= 0.6 is 11.6 Å². The van der Waals surface area contributed by atoms with Gasteiger partial charge in [0.15, 0.2) is 0 Å². The van der Waals surface area contributed by atoms with Crippen LogP contribution in [0, 0.1) is 5.82 Å². The fourth-order valence-corrected chi connectivity index (χ4v) is 1.98. The van der Waals surface area contributed by atoms with Crippen LogP contribution in [0.25, 0.3) is 5.69 Å². The molecule has 108 valence electrons. The number of ether oxygens (including phenoxy) is 1. The van der Waals surface area contributed by atoms with Crippen molar-refractivity contribution in [3.05, 3.63) is 41.4 Å². The molecule has 0 spiro atoms. The van der Waals surface area contributed by atoms with Gasteiger partial charge in [-0.2, -0.15) is 0 Å². The van der Waals surface area contributed by atoms with Gasteiger partial charge < -0.3 is 10.1 Å². The van der Waals surface area contributed by atoms with E-state index in [4.69, 9.17) is 16.3 Å². The third-order valence-electron chi connectivity index (χ3n) is 2.76. The van der Waals surface area contributed by atoms with Gasteiger partial charge in [-0.05, 0) is 31.5 Å². The normalized spacial score (nSPS) is 10.8. The number of halogens is 2. The highest BCUT2D eigenvalue weighted by atomic mass is 35.5. The Labute approximate surface area is 122 Å². The first kappa shape index (κ1) is 14.8. The van der Waals surface area contributed by atoms with Crippen LogP contribution in [0.1, 0.15) is 13.3 Å². The number of benzene rings is 1. The van der Waals surface area contributed by atoms with Gasteiger partial charge in [-0.3, -0.25) is 4.57 Å². The standard InChI is InChI=1S/C14H17ClFN3O/c1-2-20-9-3-6-17-14-18-7-8-19(14)13-10-11(15)4-5-12(13)16/h4-5,7-8,10H,2-3,6,9H2,1H3,(H,17,18). The summed E-state index contributed by atoms with van der Waals surface area (Å²) in [5, 5.41) is 3.64. The molecular formula is C14H17ClFN3O. The number of aromatic nitrogens is 2. The second kappa shape index (κ2) is 7.26. The SMILES string of the molecule is CCOCCCNc1nccn1-c1cc(Cl)ccc1F. The Morgan fingerprint density at radius 2 is 2.30 bits per heavy atom. The highest BCUT2D eigenvalue weighted by molar-refractivity contribution is 6.30. The van der Waals surface area contributed by atoms with Gasteiger partial charge in [0.1, 0.15) is 5.82 Å². The van der Waals surface area contributed by atoms with Crippen molar-refractivity contribution in [3.8, 4) is 5.69 Å². The van der Waals surface area contributed by atoms with Crippen molar-refractivity contribution in [2.24, 2.45) is 0 Å². The Morgan fingerprint density at radius 3 is 3.10 bits per heavy atom. The topological polar surface area (TPSA) is 39.1 Å². The molecule has 0 amide bonds. The quantitative estimate of drug-likeness (QED) is 0.795. The maximum Gasteiger partial charge on any atom is 0.207 e. The summed E-state index contributed by atoms with van der Waals surface area (Å²) < 4.78 is 20.7. The molecule has 0 unspecified atom stereocenters. The number of anilines is 1. The fourth-order valence-electron chi connectivity index (χ4n) is 1.82. The van der Waals surface area contributed by atoms with Gasteiger partial charge in [0.2, 0.25) is 5.95 Å². The van der Waals surface area contributed by atoms with E-state index in [2.05, 4.69) is 10.3 Å². The summed E-state index contributed by atoms with van der Waals surface area (Å²) in [4.78, 5) is 4.18. The zero-order valence-electron chi connectivity index (χ0n) is 11.3. The minimum atomic E-state index is -0.343. The minimum Gasteiger partial charge on any atom is -0.382 e. The van der Waals surface area contributed by atoms with Gasteiger partial charge in [0, 0.05) is 37.2 Å². The van der Waals surface area contributed by atoms with Crippen LogP contribution in [0.5, 0.6) is 0 Å². The average molecular weight is 298 g/mol. The van der Waals surface area contributed by atoms with Crippen LogP contribution in [0.2, 0.25) is 5.02 Å². The molecule has 0 saturated carbocycles. The molecule has 2 aromatic rings. The number of imidazole rings is 1. The van der Waals surface area contributed by atoms with E-state index in [-0.39, 0.29) is 5.82 Å². The van der Waals surface area contributed by atoms with Gasteiger partial charge in [-0.1, -0.05) is 11.6 Å². The Morgan fingerprint density at radius 1 is 1.45 bits per heavy atom. The molecule has 0 bridgehead atoms. The predicted octanol–water partition coefficient (Wildman–Crippen LogP) is 3.50. The van der Waals surface area contributed by atoms with Crippen molar-refractivity contribution in [2.45, 2.75) is 13.3 Å². The van der Waals surface area contributed by atoms with E-state index in [0.29, 0.717) is 36.4 Å². The lowest BCUT2D eigenvalue weighted by atomic mass is 10.3. The Balaban J connectivity index is 2.06. The lowest BCUT2D eigenvalue weighted by Gasteiger charge is -2.11. The molecule has 1 heterocycles. The van der Waals surface area contributed by atoms with E-state index in [1.54, 1.807) is 23.0 Å². The van der Waals surface area contributed by atoms with Gasteiger partial charge in [-0.25, -0.2) is 9.37 Å². The molecule has 0 aliphatic heterocycles. The molecule has 6 heteroatoms. The molecule has 0 atom stereocenters. The van der Waals surface area contributed by atoms with Crippen molar-refractivity contribution in [1.29, 1.82) is 0 Å². The summed E-state index contributed by atoms with van der Waals surface area (Å²) >= 11 is 5.91. The molecule has 20 heavy (non-hydrogen) atoms. The predicted molar refractivity (Wildman–Crippen MR) is 78.1 cm³/mol. The fraction of sp³-hybridized carbons (Fsp3) is 0.357. The largest absolute Gasteiger partial charge is 0.382 e. The van der Waals surface area contributed by atoms with Crippen LogP contribution in [0.15, 0.2) is 30.6 Å². The molecule has 0 fully saturated rings. The van der Waals surface area contributed by atoms with Crippen molar-refractivity contribution in [3.63, 3.8) is 0 Å². The van der Waals surface area contributed by atoms with Gasteiger partial charge in [-0.15, -0.1) is 0 Å². The maximum absolute atomic E-state index is 13.8. The first-order valence-electron chi connectivity index (χ1n) is 6.52. The number of nitrogens with zero attached hydrogens (tertiary/aromatic N) is 2. The van der Waals surface area contributed by atoms with Gasteiger partial charge in [0.25, 0.3) is 0 Å². The van der Waals surface area contributed by atoms with Crippen molar-refractivity contribution in [1.82, 2.24) is 9.55 Å². The van der Waals surface area contributed by atoms with E-state index in [0.717, 1.165) is 6.42 Å². The van der Waals surface area contributed by atoms with Crippen LogP contribution in [0.4, 0.5) is 10.3 Å². The maximum atomic E-state index is 13.8. The molecule has 0 saturated heterocycles. The molecule has 0 aliphatic carbocycles. The summed E-state index contributed by atoms with van der Waals surface area (Å²) in [6.07, 6.45) is 4.17. The zero-order chi connectivity index (χ0) is 14.4. The van der Waals surface area contributed by atoms with Gasteiger partial charge >= 0.3 is 0 Å². The van der Waals surface area contributed by atoms with E-state index >= 15 is 0 Å². The van der Waals surface area contributed by atoms with E-state index in [1.807, 2.05) is 6.92 Å². The Kier molecular flexibility index (Phi) is 5.38. The number of rotatable bonds is 7. The molecule has 2 rings (SSSR count). The molecule has 1 aromatic heterocycles. The number of hydrogen-bond donors (Lipinski definition) is 1. The van der Waals surface area contributed by atoms with Crippen LogP contribution in [-0.4, -0.2) is 29.3 Å². The van der Waals surface area contributed by atoms with Crippen molar-refractivity contribution in [2.75, 3.05) is 25.1 Å². The molecule has 0 aliphatic rings. The van der Waals surface area contributed by atoms with Crippen LogP contribution in [-0.2, 0) is 4.74 Å². The average Bonchev–Trinajstić information content (AvgIpc) is 2.89. The highest BCUT2D eigenvalue weighted by Gasteiger charge is 2.09. The molecule has 1 N–H and O–H groups in total. The van der Waals surface area contributed by atoms with E-state index in [1.165, 1.54) is 12.1 Å². The summed E-state index contributed by atoms with van der Waals surface area (Å²) in [5.41, 5.74) is 0.377. The Hall–Kier alpha value is -1.59.